The summed E-state index contributed by atoms with van der Waals surface area (Å²) in [4.78, 5) is 15.6. The minimum Gasteiger partial charge on any atom is -0.384 e. The Labute approximate surface area is 178 Å². The lowest BCUT2D eigenvalue weighted by Gasteiger charge is -2.29. The molecule has 0 radical (unpaired) electrons. The second-order valence-corrected chi connectivity index (χ2v) is 8.46. The summed E-state index contributed by atoms with van der Waals surface area (Å²) in [5.41, 5.74) is 10.3. The van der Waals surface area contributed by atoms with E-state index in [1.807, 2.05) is 53.6 Å². The molecule has 0 aliphatic carbocycles. The Hall–Kier alpha value is -3.13. The van der Waals surface area contributed by atoms with E-state index in [9.17, 15) is 0 Å². The molecule has 5 rings (SSSR count). The number of aromatic nitrogens is 4. The number of aryl methyl sites for hydroxylation is 1. The quantitative estimate of drug-likeness (QED) is 0.539. The van der Waals surface area contributed by atoms with Crippen molar-refractivity contribution in [3.05, 3.63) is 60.3 Å². The second kappa shape index (κ2) is 7.60. The molecule has 6 nitrogen and oxygen atoms in total. The van der Waals surface area contributed by atoms with Crippen LogP contribution in [0.3, 0.4) is 0 Å². The number of halogens is 1. The normalized spacial score (nSPS) is 14.4. The van der Waals surface area contributed by atoms with E-state index in [0.29, 0.717) is 22.8 Å². The smallest absolute Gasteiger partial charge is 0.165 e. The number of hydrogen-bond acceptors (Lipinski definition) is 6. The molecule has 0 amide bonds. The van der Waals surface area contributed by atoms with Crippen molar-refractivity contribution in [2.75, 3.05) is 35.2 Å². The van der Waals surface area contributed by atoms with E-state index in [-0.39, 0.29) is 5.82 Å². The zero-order valence-corrected chi connectivity index (χ0v) is 17.4. The molecule has 1 aliphatic rings. The summed E-state index contributed by atoms with van der Waals surface area (Å²) in [6.45, 7) is 3.64. The van der Waals surface area contributed by atoms with Crippen LogP contribution in [0.2, 0.25) is 0 Å². The first-order chi connectivity index (χ1) is 14.6. The van der Waals surface area contributed by atoms with Gasteiger partial charge in [0.2, 0.25) is 0 Å². The Bertz CT molecular complexity index is 1230. The van der Waals surface area contributed by atoms with E-state index in [1.165, 1.54) is 0 Å². The van der Waals surface area contributed by atoms with Crippen LogP contribution >= 0.6 is 11.8 Å². The van der Waals surface area contributed by atoms with Crippen molar-refractivity contribution in [1.29, 1.82) is 0 Å². The number of nitrogen functional groups attached to an aromatic ring is 1. The van der Waals surface area contributed by atoms with E-state index in [1.54, 1.807) is 18.3 Å². The fraction of sp³-hybridized carbons (Fsp3) is 0.227. The van der Waals surface area contributed by atoms with Crippen molar-refractivity contribution in [2.45, 2.75) is 6.92 Å². The molecular formula is C22H21FN6S. The third-order valence-electron chi connectivity index (χ3n) is 5.29. The predicted molar refractivity (Wildman–Crippen MR) is 121 cm³/mol. The van der Waals surface area contributed by atoms with Crippen LogP contribution < -0.4 is 10.6 Å². The maximum Gasteiger partial charge on any atom is 0.165 e. The number of fused-ring (bicyclic) bond motifs is 1. The highest BCUT2D eigenvalue weighted by molar-refractivity contribution is 7.99. The first-order valence-electron chi connectivity index (χ1n) is 9.81. The number of rotatable bonds is 3. The standard InChI is InChI=1S/C22H21FN6S/c1-14-26-19-4-3-18(15-6-7-25-21(24)12-15)27-22(19)29(14)16-2-5-20(17(23)13-16)28-8-10-30-11-9-28/h2-7,12-13H,8-11H2,1H3,(H2,24,25). The van der Waals surface area contributed by atoms with E-state index in [2.05, 4.69) is 14.9 Å². The number of imidazole rings is 1. The third-order valence-corrected chi connectivity index (χ3v) is 6.23. The van der Waals surface area contributed by atoms with Gasteiger partial charge in [-0.3, -0.25) is 4.57 Å². The molecule has 1 fully saturated rings. The Morgan fingerprint density at radius 2 is 1.87 bits per heavy atom. The number of nitrogens with zero attached hydrogens (tertiary/aromatic N) is 5. The van der Waals surface area contributed by atoms with Crippen LogP contribution in [0.25, 0.3) is 28.1 Å². The van der Waals surface area contributed by atoms with Crippen LogP contribution in [-0.2, 0) is 0 Å². The van der Waals surface area contributed by atoms with Crippen LogP contribution in [0.1, 0.15) is 5.82 Å². The molecule has 3 aromatic heterocycles. The van der Waals surface area contributed by atoms with E-state index in [4.69, 9.17) is 10.7 Å². The monoisotopic (exact) mass is 420 g/mol. The molecule has 30 heavy (non-hydrogen) atoms. The van der Waals surface area contributed by atoms with E-state index >= 15 is 4.39 Å². The van der Waals surface area contributed by atoms with Gasteiger partial charge in [-0.25, -0.2) is 19.3 Å². The number of nitrogens with two attached hydrogens (primary N) is 1. The number of anilines is 2. The maximum atomic E-state index is 15.0. The van der Waals surface area contributed by atoms with Gasteiger partial charge >= 0.3 is 0 Å². The van der Waals surface area contributed by atoms with Gasteiger partial charge in [0.05, 0.1) is 17.1 Å². The first kappa shape index (κ1) is 18.9. The number of hydrogen-bond donors (Lipinski definition) is 1. The van der Waals surface area contributed by atoms with Gasteiger partial charge in [0, 0.05) is 42.4 Å². The molecular weight excluding hydrogens is 399 g/mol. The SMILES string of the molecule is Cc1nc2ccc(-c3ccnc(N)c3)nc2n1-c1ccc(N2CCSCC2)c(F)c1. The minimum absolute atomic E-state index is 0.223. The average molecular weight is 421 g/mol. The van der Waals surface area contributed by atoms with Crippen LogP contribution in [0.5, 0.6) is 0 Å². The first-order valence-corrected chi connectivity index (χ1v) is 11.0. The lowest BCUT2D eigenvalue weighted by atomic mass is 10.1. The second-order valence-electron chi connectivity index (χ2n) is 7.24. The lowest BCUT2D eigenvalue weighted by molar-refractivity contribution is 0.618. The Morgan fingerprint density at radius 3 is 2.63 bits per heavy atom. The molecule has 1 saturated heterocycles. The molecule has 4 heterocycles. The molecule has 0 saturated carbocycles. The highest BCUT2D eigenvalue weighted by Gasteiger charge is 2.18. The average Bonchev–Trinajstić information content (AvgIpc) is 3.09. The van der Waals surface area contributed by atoms with E-state index < -0.39 is 0 Å². The molecule has 152 valence electrons. The van der Waals surface area contributed by atoms with Crippen LogP contribution in [0.4, 0.5) is 15.9 Å². The maximum absolute atomic E-state index is 15.0. The minimum atomic E-state index is -0.223. The molecule has 1 aromatic carbocycles. The Balaban J connectivity index is 1.59. The summed E-state index contributed by atoms with van der Waals surface area (Å²) in [7, 11) is 0. The van der Waals surface area contributed by atoms with Crippen LogP contribution in [0, 0.1) is 12.7 Å². The fourth-order valence-corrected chi connectivity index (χ4v) is 4.75. The van der Waals surface area contributed by atoms with Crippen LogP contribution in [-0.4, -0.2) is 44.1 Å². The van der Waals surface area contributed by atoms with E-state index in [0.717, 1.165) is 47.2 Å². The molecule has 4 aromatic rings. The van der Waals surface area contributed by atoms with Gasteiger partial charge in [-0.2, -0.15) is 11.8 Å². The van der Waals surface area contributed by atoms with Gasteiger partial charge in [-0.15, -0.1) is 0 Å². The van der Waals surface area contributed by atoms with Gasteiger partial charge in [-0.05, 0) is 43.3 Å². The highest BCUT2D eigenvalue weighted by atomic mass is 32.2. The summed E-state index contributed by atoms with van der Waals surface area (Å²) >= 11 is 1.91. The topological polar surface area (TPSA) is 72.9 Å². The van der Waals surface area contributed by atoms with Crippen molar-refractivity contribution in [3.8, 4) is 16.9 Å². The van der Waals surface area contributed by atoms with Crippen molar-refractivity contribution >= 4 is 34.4 Å². The summed E-state index contributed by atoms with van der Waals surface area (Å²) in [6.07, 6.45) is 1.66. The van der Waals surface area contributed by atoms with Crippen LogP contribution in [0.15, 0.2) is 48.7 Å². The molecule has 1 aliphatic heterocycles. The molecule has 8 heteroatoms. The number of thioether (sulfide) groups is 1. The van der Waals surface area contributed by atoms with Gasteiger partial charge in [0.15, 0.2) is 5.65 Å². The largest absolute Gasteiger partial charge is 0.384 e. The molecule has 0 unspecified atom stereocenters. The summed E-state index contributed by atoms with van der Waals surface area (Å²) in [5.74, 6) is 3.02. The van der Waals surface area contributed by atoms with Crippen molar-refractivity contribution in [1.82, 2.24) is 19.5 Å². The summed E-state index contributed by atoms with van der Waals surface area (Å²) in [5, 5.41) is 0. The molecule has 0 atom stereocenters. The number of pyridine rings is 2. The van der Waals surface area contributed by atoms with Crippen molar-refractivity contribution < 1.29 is 4.39 Å². The van der Waals surface area contributed by atoms with Gasteiger partial charge in [-0.1, -0.05) is 0 Å². The number of benzene rings is 1. The van der Waals surface area contributed by atoms with Crippen molar-refractivity contribution in [3.63, 3.8) is 0 Å². The Morgan fingerprint density at radius 1 is 1.03 bits per heavy atom. The van der Waals surface area contributed by atoms with Gasteiger partial charge < -0.3 is 10.6 Å². The van der Waals surface area contributed by atoms with Gasteiger partial charge in [0.1, 0.15) is 23.0 Å². The summed E-state index contributed by atoms with van der Waals surface area (Å²) in [6, 6.07) is 12.9. The fourth-order valence-electron chi connectivity index (χ4n) is 3.84. The zero-order valence-electron chi connectivity index (χ0n) is 16.5. The highest BCUT2D eigenvalue weighted by Crippen LogP contribution is 2.28. The molecule has 2 N–H and O–H groups in total. The zero-order chi connectivity index (χ0) is 20.7. The molecule has 0 spiro atoms. The van der Waals surface area contributed by atoms with Crippen molar-refractivity contribution in [2.24, 2.45) is 0 Å². The van der Waals surface area contributed by atoms with Gasteiger partial charge in [0.25, 0.3) is 0 Å². The molecule has 0 bridgehead atoms. The third kappa shape index (κ3) is 3.37. The summed E-state index contributed by atoms with van der Waals surface area (Å²) < 4.78 is 16.9. The predicted octanol–water partition coefficient (Wildman–Crippen LogP) is 4.07. The Kier molecular flexibility index (Phi) is 4.78. The lowest BCUT2D eigenvalue weighted by Crippen LogP contribution is -2.33.